The van der Waals surface area contributed by atoms with Crippen LogP contribution in [0.4, 0.5) is 5.95 Å². The summed E-state index contributed by atoms with van der Waals surface area (Å²) < 4.78 is 5.06. The summed E-state index contributed by atoms with van der Waals surface area (Å²) in [6, 6.07) is 0.174. The number of halogens is 1. The molecule has 7 heteroatoms. The summed E-state index contributed by atoms with van der Waals surface area (Å²) in [6.07, 6.45) is 0. The summed E-state index contributed by atoms with van der Waals surface area (Å²) in [4.78, 5) is 11.5. The fourth-order valence-electron chi connectivity index (χ4n) is 0.772. The van der Waals surface area contributed by atoms with Gasteiger partial charge in [-0.25, -0.2) is 0 Å². The van der Waals surface area contributed by atoms with E-state index in [0.717, 1.165) is 0 Å². The Bertz CT molecular complexity index is 297. The highest BCUT2D eigenvalue weighted by atomic mass is 35.5. The maximum atomic E-state index is 8.57. The zero-order chi connectivity index (χ0) is 10.4. The van der Waals surface area contributed by atoms with E-state index in [0.29, 0.717) is 19.1 Å². The topological polar surface area (TPSA) is 80.2 Å². The molecule has 78 valence electrons. The number of ether oxygens (including phenoxy) is 1. The van der Waals surface area contributed by atoms with Crippen molar-refractivity contribution in [2.24, 2.45) is 0 Å². The molecule has 1 rings (SSSR count). The normalized spacial score (nSPS) is 9.93. The van der Waals surface area contributed by atoms with Crippen LogP contribution >= 0.6 is 11.6 Å². The van der Waals surface area contributed by atoms with Gasteiger partial charge >= 0.3 is 6.01 Å². The summed E-state index contributed by atoms with van der Waals surface area (Å²) in [7, 11) is 0. The summed E-state index contributed by atoms with van der Waals surface area (Å²) in [6.45, 7) is 2.62. The van der Waals surface area contributed by atoms with E-state index in [1.54, 1.807) is 0 Å². The van der Waals surface area contributed by atoms with Crippen LogP contribution in [0.15, 0.2) is 0 Å². The van der Waals surface area contributed by atoms with E-state index >= 15 is 0 Å². The van der Waals surface area contributed by atoms with E-state index in [1.807, 2.05) is 6.92 Å². The number of rotatable bonds is 5. The van der Waals surface area contributed by atoms with Crippen LogP contribution in [0.25, 0.3) is 0 Å². The van der Waals surface area contributed by atoms with Crippen LogP contribution in [0.2, 0.25) is 5.28 Å². The molecule has 0 spiro atoms. The van der Waals surface area contributed by atoms with Crippen molar-refractivity contribution in [1.82, 2.24) is 15.0 Å². The Kier molecular flexibility index (Phi) is 4.34. The molecule has 0 aliphatic rings. The molecule has 0 radical (unpaired) electrons. The molecule has 0 saturated heterocycles. The van der Waals surface area contributed by atoms with Crippen molar-refractivity contribution in [3.8, 4) is 6.01 Å². The van der Waals surface area contributed by atoms with Gasteiger partial charge in [0, 0.05) is 6.54 Å². The van der Waals surface area contributed by atoms with Crippen LogP contribution in [0.1, 0.15) is 6.92 Å². The van der Waals surface area contributed by atoms with Crippen molar-refractivity contribution >= 4 is 17.5 Å². The first-order valence-corrected chi connectivity index (χ1v) is 4.53. The minimum Gasteiger partial charge on any atom is -0.464 e. The molecule has 0 fully saturated rings. The molecular formula is C7H11ClN4O2. The van der Waals surface area contributed by atoms with E-state index in [2.05, 4.69) is 20.3 Å². The van der Waals surface area contributed by atoms with Crippen molar-refractivity contribution < 1.29 is 9.84 Å². The largest absolute Gasteiger partial charge is 0.464 e. The standard InChI is InChI=1S/C7H11ClN4O2/c1-2-14-7-11-5(8)10-6(12-7)9-3-4-13/h13H,2-4H2,1H3,(H,9,10,11,12). The first-order chi connectivity index (χ1) is 6.76. The smallest absolute Gasteiger partial charge is 0.322 e. The van der Waals surface area contributed by atoms with Crippen molar-refractivity contribution in [1.29, 1.82) is 0 Å². The molecule has 0 aliphatic heterocycles. The minimum atomic E-state index is -0.00668. The number of nitrogens with zero attached hydrogens (tertiary/aromatic N) is 3. The van der Waals surface area contributed by atoms with E-state index in [1.165, 1.54) is 0 Å². The Labute approximate surface area is 86.3 Å². The molecule has 2 N–H and O–H groups in total. The van der Waals surface area contributed by atoms with E-state index in [9.17, 15) is 0 Å². The predicted octanol–water partition coefficient (Wildman–Crippen LogP) is 0.328. The van der Waals surface area contributed by atoms with Gasteiger partial charge in [-0.3, -0.25) is 0 Å². The number of aliphatic hydroxyl groups is 1. The average molecular weight is 219 g/mol. The van der Waals surface area contributed by atoms with Crippen molar-refractivity contribution in [3.05, 3.63) is 5.28 Å². The molecule has 0 aliphatic carbocycles. The molecule has 0 amide bonds. The number of aromatic nitrogens is 3. The first-order valence-electron chi connectivity index (χ1n) is 4.15. The third-order valence-corrected chi connectivity index (χ3v) is 1.42. The number of aliphatic hydroxyl groups excluding tert-OH is 1. The van der Waals surface area contributed by atoms with Gasteiger partial charge in [-0.2, -0.15) is 15.0 Å². The van der Waals surface area contributed by atoms with Crippen LogP contribution in [0, 0.1) is 0 Å². The lowest BCUT2D eigenvalue weighted by atomic mass is 10.7. The fraction of sp³-hybridized carbons (Fsp3) is 0.571. The van der Waals surface area contributed by atoms with Crippen LogP contribution in [-0.2, 0) is 0 Å². The molecule has 1 aromatic heterocycles. The van der Waals surface area contributed by atoms with Gasteiger partial charge in [0.2, 0.25) is 11.2 Å². The average Bonchev–Trinajstić information content (AvgIpc) is 2.14. The van der Waals surface area contributed by atoms with Gasteiger partial charge in [0.05, 0.1) is 13.2 Å². The Balaban J connectivity index is 2.73. The van der Waals surface area contributed by atoms with Crippen molar-refractivity contribution in [2.45, 2.75) is 6.92 Å². The van der Waals surface area contributed by atoms with E-state index < -0.39 is 0 Å². The molecule has 1 heterocycles. The number of anilines is 1. The number of hydrogen-bond donors (Lipinski definition) is 2. The summed E-state index contributed by atoms with van der Waals surface area (Å²) in [5, 5.41) is 11.4. The molecule has 6 nitrogen and oxygen atoms in total. The van der Waals surface area contributed by atoms with Crippen LogP contribution < -0.4 is 10.1 Å². The van der Waals surface area contributed by atoms with Gasteiger partial charge in [-0.05, 0) is 18.5 Å². The molecule has 0 atom stereocenters. The van der Waals surface area contributed by atoms with Gasteiger partial charge in [0.15, 0.2) is 0 Å². The second kappa shape index (κ2) is 5.56. The third-order valence-electron chi connectivity index (χ3n) is 1.26. The lowest BCUT2D eigenvalue weighted by Gasteiger charge is -2.04. The Hall–Kier alpha value is -1.14. The highest BCUT2D eigenvalue weighted by Gasteiger charge is 2.04. The SMILES string of the molecule is CCOc1nc(Cl)nc(NCCO)n1. The Morgan fingerprint density at radius 2 is 2.21 bits per heavy atom. The highest BCUT2D eigenvalue weighted by Crippen LogP contribution is 2.10. The summed E-state index contributed by atoms with van der Waals surface area (Å²) in [5.41, 5.74) is 0. The molecular weight excluding hydrogens is 208 g/mol. The van der Waals surface area contributed by atoms with Crippen LogP contribution in [0.3, 0.4) is 0 Å². The zero-order valence-corrected chi connectivity index (χ0v) is 8.45. The van der Waals surface area contributed by atoms with E-state index in [4.69, 9.17) is 21.4 Å². The molecule has 1 aromatic rings. The minimum absolute atomic E-state index is 0.00668. The Morgan fingerprint density at radius 1 is 1.43 bits per heavy atom. The Morgan fingerprint density at radius 3 is 2.86 bits per heavy atom. The number of hydrogen-bond acceptors (Lipinski definition) is 6. The molecule has 14 heavy (non-hydrogen) atoms. The second-order valence-corrected chi connectivity index (χ2v) is 2.63. The maximum Gasteiger partial charge on any atom is 0.322 e. The molecule has 0 unspecified atom stereocenters. The monoisotopic (exact) mass is 218 g/mol. The molecule has 0 bridgehead atoms. The van der Waals surface area contributed by atoms with Gasteiger partial charge < -0.3 is 15.2 Å². The van der Waals surface area contributed by atoms with Crippen molar-refractivity contribution in [3.63, 3.8) is 0 Å². The maximum absolute atomic E-state index is 8.57. The lowest BCUT2D eigenvalue weighted by molar-refractivity contribution is 0.307. The lowest BCUT2D eigenvalue weighted by Crippen LogP contribution is -2.10. The van der Waals surface area contributed by atoms with Gasteiger partial charge in [0.25, 0.3) is 0 Å². The van der Waals surface area contributed by atoms with Crippen molar-refractivity contribution in [2.75, 3.05) is 25.1 Å². The van der Waals surface area contributed by atoms with Gasteiger partial charge in [0.1, 0.15) is 0 Å². The molecule has 0 aromatic carbocycles. The van der Waals surface area contributed by atoms with Gasteiger partial charge in [-0.1, -0.05) is 0 Å². The predicted molar refractivity (Wildman–Crippen MR) is 51.6 cm³/mol. The molecule has 0 saturated carbocycles. The first kappa shape index (κ1) is 10.9. The second-order valence-electron chi connectivity index (χ2n) is 2.29. The van der Waals surface area contributed by atoms with E-state index in [-0.39, 0.29) is 17.9 Å². The summed E-state index contributed by atoms with van der Waals surface area (Å²) >= 11 is 5.62. The van der Waals surface area contributed by atoms with Gasteiger partial charge in [-0.15, -0.1) is 0 Å². The highest BCUT2D eigenvalue weighted by molar-refractivity contribution is 6.28. The quantitative estimate of drug-likeness (QED) is 0.741. The number of nitrogens with one attached hydrogen (secondary N) is 1. The zero-order valence-electron chi connectivity index (χ0n) is 7.70. The third kappa shape index (κ3) is 3.31. The van der Waals surface area contributed by atoms with Crippen LogP contribution in [0.5, 0.6) is 6.01 Å². The summed E-state index contributed by atoms with van der Waals surface area (Å²) in [5.74, 6) is 0.294. The fourth-order valence-corrected chi connectivity index (χ4v) is 0.925. The van der Waals surface area contributed by atoms with Crippen LogP contribution in [-0.4, -0.2) is 39.8 Å².